The van der Waals surface area contributed by atoms with Crippen molar-refractivity contribution in [2.45, 2.75) is 26.6 Å². The molecule has 0 aliphatic heterocycles. The van der Waals surface area contributed by atoms with Crippen molar-refractivity contribution in [2.75, 3.05) is 6.54 Å². The van der Waals surface area contributed by atoms with Crippen molar-refractivity contribution in [2.24, 2.45) is 0 Å². The van der Waals surface area contributed by atoms with Crippen molar-refractivity contribution in [3.05, 3.63) is 36.7 Å². The highest BCUT2D eigenvalue weighted by Crippen LogP contribution is 1.97. The first-order chi connectivity index (χ1) is 7.88. The molecule has 0 saturated carbocycles. The molecule has 16 heavy (non-hydrogen) atoms. The van der Waals surface area contributed by atoms with Gasteiger partial charge in [-0.2, -0.15) is 5.10 Å². The van der Waals surface area contributed by atoms with Crippen LogP contribution in [0.1, 0.15) is 12.6 Å². The van der Waals surface area contributed by atoms with Gasteiger partial charge in [-0.3, -0.25) is 4.68 Å². The van der Waals surface area contributed by atoms with Crippen molar-refractivity contribution in [1.82, 2.24) is 24.6 Å². The second-order valence-corrected chi connectivity index (χ2v) is 3.65. The molecule has 0 unspecified atom stereocenters. The van der Waals surface area contributed by atoms with Crippen LogP contribution in [0.2, 0.25) is 0 Å². The number of nitrogens with zero attached hydrogens (tertiary/aromatic N) is 4. The molecule has 0 atom stereocenters. The van der Waals surface area contributed by atoms with Crippen LogP contribution in [0.3, 0.4) is 0 Å². The summed E-state index contributed by atoms with van der Waals surface area (Å²) in [6, 6.07) is 1.94. The minimum absolute atomic E-state index is 0.839. The number of imidazole rings is 1. The maximum absolute atomic E-state index is 4.32. The Morgan fingerprint density at radius 1 is 1.38 bits per heavy atom. The van der Waals surface area contributed by atoms with Crippen LogP contribution >= 0.6 is 0 Å². The van der Waals surface area contributed by atoms with E-state index in [1.54, 1.807) is 6.20 Å². The first kappa shape index (κ1) is 10.9. The molecular formula is C11H17N5. The molecule has 5 nitrogen and oxygen atoms in total. The summed E-state index contributed by atoms with van der Waals surface area (Å²) in [5.74, 6) is 0. The van der Waals surface area contributed by atoms with Gasteiger partial charge in [0.25, 0.3) is 0 Å². The van der Waals surface area contributed by atoms with E-state index >= 15 is 0 Å². The number of rotatable bonds is 6. The third-order valence-electron chi connectivity index (χ3n) is 2.39. The Morgan fingerprint density at radius 3 is 3.06 bits per heavy atom. The van der Waals surface area contributed by atoms with Crippen LogP contribution in [-0.2, 0) is 19.6 Å². The normalized spacial score (nSPS) is 10.8. The first-order valence-corrected chi connectivity index (χ1v) is 5.57. The molecule has 2 heterocycles. The Bertz CT molecular complexity index is 404. The van der Waals surface area contributed by atoms with E-state index in [2.05, 4.69) is 33.1 Å². The maximum atomic E-state index is 4.32. The van der Waals surface area contributed by atoms with E-state index in [-0.39, 0.29) is 0 Å². The molecule has 2 rings (SSSR count). The van der Waals surface area contributed by atoms with E-state index in [1.807, 2.05) is 23.3 Å². The molecule has 1 N–H and O–H groups in total. The van der Waals surface area contributed by atoms with Gasteiger partial charge in [0.05, 0.1) is 18.6 Å². The van der Waals surface area contributed by atoms with Crippen LogP contribution in [-0.4, -0.2) is 25.9 Å². The average Bonchev–Trinajstić information content (AvgIpc) is 2.95. The fourth-order valence-electron chi connectivity index (χ4n) is 1.52. The highest BCUT2D eigenvalue weighted by atomic mass is 15.3. The zero-order valence-electron chi connectivity index (χ0n) is 9.50. The molecule has 2 aromatic rings. The molecule has 0 spiro atoms. The van der Waals surface area contributed by atoms with Crippen molar-refractivity contribution in [1.29, 1.82) is 0 Å². The Morgan fingerprint density at radius 2 is 2.31 bits per heavy atom. The van der Waals surface area contributed by atoms with Crippen molar-refractivity contribution in [3.8, 4) is 0 Å². The molecule has 0 amide bonds. The molecule has 86 valence electrons. The molecule has 0 saturated heterocycles. The summed E-state index contributed by atoms with van der Waals surface area (Å²) >= 11 is 0. The van der Waals surface area contributed by atoms with Crippen LogP contribution in [0.4, 0.5) is 0 Å². The number of hydrogen-bond acceptors (Lipinski definition) is 3. The lowest BCUT2D eigenvalue weighted by Gasteiger charge is -2.02. The van der Waals surface area contributed by atoms with Gasteiger partial charge in [-0.15, -0.1) is 0 Å². The van der Waals surface area contributed by atoms with Gasteiger partial charge >= 0.3 is 0 Å². The van der Waals surface area contributed by atoms with E-state index in [9.17, 15) is 0 Å². The van der Waals surface area contributed by atoms with Gasteiger partial charge in [0.2, 0.25) is 0 Å². The van der Waals surface area contributed by atoms with Gasteiger partial charge in [0.1, 0.15) is 0 Å². The predicted molar refractivity (Wildman–Crippen MR) is 61.8 cm³/mol. The zero-order valence-corrected chi connectivity index (χ0v) is 9.50. The third kappa shape index (κ3) is 2.93. The van der Waals surface area contributed by atoms with Crippen molar-refractivity contribution >= 4 is 0 Å². The highest BCUT2D eigenvalue weighted by Gasteiger charge is 1.98. The predicted octanol–water partition coefficient (Wildman–Crippen LogP) is 0.889. The number of hydrogen-bond donors (Lipinski definition) is 1. The van der Waals surface area contributed by atoms with Crippen LogP contribution in [0.25, 0.3) is 0 Å². The summed E-state index contributed by atoms with van der Waals surface area (Å²) < 4.78 is 4.01. The van der Waals surface area contributed by atoms with Gasteiger partial charge in [0.15, 0.2) is 0 Å². The Labute approximate surface area is 95.1 Å². The van der Waals surface area contributed by atoms with Gasteiger partial charge in [0, 0.05) is 31.7 Å². The van der Waals surface area contributed by atoms with Crippen LogP contribution in [0.5, 0.6) is 0 Å². The van der Waals surface area contributed by atoms with E-state index in [4.69, 9.17) is 0 Å². The molecule has 0 radical (unpaired) electrons. The van der Waals surface area contributed by atoms with Gasteiger partial charge in [-0.25, -0.2) is 4.98 Å². The SMILES string of the molecule is CCNCc1cn(CCn2cccn2)cn1. The molecule has 5 heteroatoms. The maximum Gasteiger partial charge on any atom is 0.0950 e. The molecule has 0 aliphatic carbocycles. The Hall–Kier alpha value is -1.62. The molecule has 0 fully saturated rings. The fraction of sp³-hybridized carbons (Fsp3) is 0.455. The smallest absolute Gasteiger partial charge is 0.0950 e. The summed E-state index contributed by atoms with van der Waals surface area (Å²) in [5.41, 5.74) is 1.09. The van der Waals surface area contributed by atoms with Crippen LogP contribution in [0, 0.1) is 0 Å². The standard InChI is InChI=1S/C11H17N5/c1-2-12-8-11-9-15(10-13-11)6-7-16-5-3-4-14-16/h3-5,9-10,12H,2,6-8H2,1H3. The first-order valence-electron chi connectivity index (χ1n) is 5.57. The monoisotopic (exact) mass is 219 g/mol. The highest BCUT2D eigenvalue weighted by molar-refractivity contribution is 4.96. The van der Waals surface area contributed by atoms with Gasteiger partial charge in [-0.1, -0.05) is 6.92 Å². The van der Waals surface area contributed by atoms with Crippen LogP contribution in [0.15, 0.2) is 31.0 Å². The van der Waals surface area contributed by atoms with E-state index in [0.29, 0.717) is 0 Å². The number of aryl methyl sites for hydroxylation is 2. The van der Waals surface area contributed by atoms with E-state index < -0.39 is 0 Å². The third-order valence-corrected chi connectivity index (χ3v) is 2.39. The lowest BCUT2D eigenvalue weighted by molar-refractivity contribution is 0.532. The summed E-state index contributed by atoms with van der Waals surface area (Å²) in [7, 11) is 0. The average molecular weight is 219 g/mol. The zero-order chi connectivity index (χ0) is 11.2. The largest absolute Gasteiger partial charge is 0.335 e. The Kier molecular flexibility index (Phi) is 3.71. The Balaban J connectivity index is 1.83. The van der Waals surface area contributed by atoms with Crippen LogP contribution < -0.4 is 5.32 Å². The summed E-state index contributed by atoms with van der Waals surface area (Å²) in [5, 5.41) is 7.41. The van der Waals surface area contributed by atoms with Crippen molar-refractivity contribution < 1.29 is 0 Å². The molecule has 0 aromatic carbocycles. The van der Waals surface area contributed by atoms with Crippen molar-refractivity contribution in [3.63, 3.8) is 0 Å². The second kappa shape index (κ2) is 5.46. The lowest BCUT2D eigenvalue weighted by atomic mass is 10.4. The second-order valence-electron chi connectivity index (χ2n) is 3.65. The topological polar surface area (TPSA) is 47.7 Å². The molecule has 2 aromatic heterocycles. The molecule has 0 bridgehead atoms. The number of aromatic nitrogens is 4. The van der Waals surface area contributed by atoms with E-state index in [0.717, 1.165) is 31.9 Å². The van der Waals surface area contributed by atoms with E-state index in [1.165, 1.54) is 0 Å². The summed E-state index contributed by atoms with van der Waals surface area (Å²) in [4.78, 5) is 4.32. The van der Waals surface area contributed by atoms with Gasteiger partial charge < -0.3 is 9.88 Å². The molecular weight excluding hydrogens is 202 g/mol. The lowest BCUT2D eigenvalue weighted by Crippen LogP contribution is -2.12. The minimum atomic E-state index is 0.839. The minimum Gasteiger partial charge on any atom is -0.335 e. The molecule has 0 aliphatic rings. The summed E-state index contributed by atoms with van der Waals surface area (Å²) in [6.45, 7) is 5.69. The summed E-state index contributed by atoms with van der Waals surface area (Å²) in [6.07, 6.45) is 7.71. The fourth-order valence-corrected chi connectivity index (χ4v) is 1.52. The quantitative estimate of drug-likeness (QED) is 0.785. The number of nitrogens with one attached hydrogen (secondary N) is 1. The van der Waals surface area contributed by atoms with Gasteiger partial charge in [-0.05, 0) is 12.6 Å².